The molecule has 12 heavy (non-hydrogen) atoms. The number of hydrogen-bond acceptors (Lipinski definition) is 1. The second-order valence-electron chi connectivity index (χ2n) is 3.42. The lowest BCUT2D eigenvalue weighted by atomic mass is 10.1. The standard InChI is InChI=1S/C10H17N2/c1-5-7-10(6-2)12(3,4)9-8-11/h5-6,10H,1-2,7,9H2,3-4H3/q+1. The fraction of sp³-hybridized carbons (Fsp3) is 0.500. The molecule has 0 saturated carbocycles. The molecule has 0 aromatic carbocycles. The van der Waals surface area contributed by atoms with Crippen LogP contribution in [0.25, 0.3) is 0 Å². The van der Waals surface area contributed by atoms with Crippen LogP contribution in [0.4, 0.5) is 0 Å². The van der Waals surface area contributed by atoms with E-state index in [2.05, 4.69) is 19.2 Å². The van der Waals surface area contributed by atoms with E-state index in [0.717, 1.165) is 6.42 Å². The van der Waals surface area contributed by atoms with Crippen molar-refractivity contribution in [2.24, 2.45) is 0 Å². The van der Waals surface area contributed by atoms with Crippen LogP contribution in [0.15, 0.2) is 25.3 Å². The molecule has 1 atom stereocenters. The summed E-state index contributed by atoms with van der Waals surface area (Å²) < 4.78 is 0.659. The van der Waals surface area contributed by atoms with E-state index in [9.17, 15) is 0 Å². The second-order valence-corrected chi connectivity index (χ2v) is 3.42. The van der Waals surface area contributed by atoms with Gasteiger partial charge in [0.05, 0.1) is 14.1 Å². The molecule has 0 amide bonds. The maximum absolute atomic E-state index is 8.59. The van der Waals surface area contributed by atoms with Crippen LogP contribution in [-0.2, 0) is 0 Å². The molecular formula is C10H17N2+. The summed E-state index contributed by atoms with van der Waals surface area (Å²) in [5.41, 5.74) is 0. The largest absolute Gasteiger partial charge is 0.311 e. The number of rotatable bonds is 5. The van der Waals surface area contributed by atoms with Gasteiger partial charge < -0.3 is 4.48 Å². The molecule has 0 aromatic heterocycles. The normalized spacial score (nSPS) is 13.1. The van der Waals surface area contributed by atoms with Crippen molar-refractivity contribution in [1.82, 2.24) is 0 Å². The van der Waals surface area contributed by atoms with Crippen molar-refractivity contribution in [2.75, 3.05) is 20.6 Å². The number of likely N-dealkylation sites (N-methyl/N-ethyl adjacent to an activating group) is 1. The molecule has 0 aliphatic carbocycles. The first-order valence-corrected chi connectivity index (χ1v) is 4.01. The zero-order chi connectivity index (χ0) is 9.61. The average Bonchev–Trinajstić information content (AvgIpc) is 1.99. The zero-order valence-corrected chi connectivity index (χ0v) is 7.95. The lowest BCUT2D eigenvalue weighted by molar-refractivity contribution is -0.901. The van der Waals surface area contributed by atoms with Crippen LogP contribution in [0.5, 0.6) is 0 Å². The van der Waals surface area contributed by atoms with Crippen LogP contribution in [0.2, 0.25) is 0 Å². The third-order valence-electron chi connectivity index (χ3n) is 2.06. The van der Waals surface area contributed by atoms with Gasteiger partial charge in [-0.2, -0.15) is 5.26 Å². The lowest BCUT2D eigenvalue weighted by Gasteiger charge is -2.33. The molecule has 0 fully saturated rings. The molecule has 0 heterocycles. The van der Waals surface area contributed by atoms with Gasteiger partial charge in [0.2, 0.25) is 0 Å². The van der Waals surface area contributed by atoms with Crippen LogP contribution in [-0.4, -0.2) is 31.2 Å². The molecule has 66 valence electrons. The maximum Gasteiger partial charge on any atom is 0.166 e. The van der Waals surface area contributed by atoms with Gasteiger partial charge in [-0.15, -0.1) is 6.58 Å². The Bertz CT molecular complexity index is 198. The van der Waals surface area contributed by atoms with E-state index in [1.807, 2.05) is 26.2 Å². The first kappa shape index (κ1) is 10.9. The Morgan fingerprint density at radius 1 is 1.50 bits per heavy atom. The molecule has 0 rings (SSSR count). The smallest absolute Gasteiger partial charge is 0.166 e. The minimum absolute atomic E-state index is 0.294. The molecule has 2 nitrogen and oxygen atoms in total. The maximum atomic E-state index is 8.59. The fourth-order valence-electron chi connectivity index (χ4n) is 1.14. The molecule has 0 saturated heterocycles. The van der Waals surface area contributed by atoms with Crippen molar-refractivity contribution >= 4 is 0 Å². The fourth-order valence-corrected chi connectivity index (χ4v) is 1.14. The monoisotopic (exact) mass is 165 g/mol. The Balaban J connectivity index is 4.36. The Morgan fingerprint density at radius 2 is 2.08 bits per heavy atom. The third-order valence-corrected chi connectivity index (χ3v) is 2.06. The van der Waals surface area contributed by atoms with E-state index >= 15 is 0 Å². The average molecular weight is 165 g/mol. The van der Waals surface area contributed by atoms with Crippen molar-refractivity contribution in [3.05, 3.63) is 25.3 Å². The summed E-state index contributed by atoms with van der Waals surface area (Å²) in [4.78, 5) is 0. The first-order valence-electron chi connectivity index (χ1n) is 4.01. The molecule has 1 unspecified atom stereocenters. The van der Waals surface area contributed by atoms with Crippen molar-refractivity contribution < 1.29 is 4.48 Å². The number of hydrogen-bond donors (Lipinski definition) is 0. The molecule has 0 aliphatic heterocycles. The van der Waals surface area contributed by atoms with Gasteiger partial charge in [-0.1, -0.05) is 12.7 Å². The molecule has 0 spiro atoms. The highest BCUT2D eigenvalue weighted by molar-refractivity contribution is 4.87. The molecule has 0 aromatic rings. The lowest BCUT2D eigenvalue weighted by Crippen LogP contribution is -2.47. The van der Waals surface area contributed by atoms with Gasteiger partial charge in [0.15, 0.2) is 6.54 Å². The van der Waals surface area contributed by atoms with Crippen molar-refractivity contribution in [3.63, 3.8) is 0 Å². The third kappa shape index (κ3) is 2.89. The summed E-state index contributed by atoms with van der Waals surface area (Å²) >= 11 is 0. The number of nitrogens with zero attached hydrogens (tertiary/aromatic N) is 2. The van der Waals surface area contributed by atoms with Crippen molar-refractivity contribution in [2.45, 2.75) is 12.5 Å². The summed E-state index contributed by atoms with van der Waals surface area (Å²) in [5.74, 6) is 0. The van der Waals surface area contributed by atoms with E-state index in [1.165, 1.54) is 0 Å². The molecule has 0 aliphatic rings. The predicted molar refractivity (Wildman–Crippen MR) is 51.4 cm³/mol. The highest BCUT2D eigenvalue weighted by Gasteiger charge is 2.23. The van der Waals surface area contributed by atoms with E-state index < -0.39 is 0 Å². The summed E-state index contributed by atoms with van der Waals surface area (Å²) in [6.07, 6.45) is 4.63. The summed E-state index contributed by atoms with van der Waals surface area (Å²) in [6, 6.07) is 2.46. The van der Waals surface area contributed by atoms with Gasteiger partial charge in [-0.05, 0) is 6.08 Å². The Morgan fingerprint density at radius 3 is 2.42 bits per heavy atom. The minimum Gasteiger partial charge on any atom is -0.311 e. The minimum atomic E-state index is 0.294. The molecule has 0 bridgehead atoms. The van der Waals surface area contributed by atoms with Gasteiger partial charge >= 0.3 is 0 Å². The SMILES string of the molecule is C=CCC(C=C)[N+](C)(C)CC#N. The van der Waals surface area contributed by atoms with Gasteiger partial charge in [-0.25, -0.2) is 0 Å². The second kappa shape index (κ2) is 4.74. The van der Waals surface area contributed by atoms with E-state index in [-0.39, 0.29) is 0 Å². The van der Waals surface area contributed by atoms with Gasteiger partial charge in [0.25, 0.3) is 0 Å². The van der Waals surface area contributed by atoms with E-state index in [4.69, 9.17) is 5.26 Å². The summed E-state index contributed by atoms with van der Waals surface area (Å²) in [6.45, 7) is 7.94. The highest BCUT2D eigenvalue weighted by atomic mass is 15.3. The van der Waals surface area contributed by atoms with Gasteiger partial charge in [0.1, 0.15) is 12.1 Å². The Hall–Kier alpha value is -1.07. The van der Waals surface area contributed by atoms with Crippen LogP contribution >= 0.6 is 0 Å². The number of quaternary nitrogens is 1. The van der Waals surface area contributed by atoms with Crippen LogP contribution in [0.3, 0.4) is 0 Å². The first-order chi connectivity index (χ1) is 5.58. The van der Waals surface area contributed by atoms with Crippen LogP contribution in [0.1, 0.15) is 6.42 Å². The molecule has 2 heteroatoms. The van der Waals surface area contributed by atoms with E-state index in [0.29, 0.717) is 17.1 Å². The Kier molecular flexibility index (Phi) is 4.31. The predicted octanol–water partition coefficient (Wildman–Crippen LogP) is 1.72. The summed E-state index contributed by atoms with van der Waals surface area (Å²) in [5, 5.41) is 8.59. The highest BCUT2D eigenvalue weighted by Crippen LogP contribution is 2.11. The van der Waals surface area contributed by atoms with Gasteiger partial charge in [0, 0.05) is 6.42 Å². The zero-order valence-electron chi connectivity index (χ0n) is 7.95. The molecular weight excluding hydrogens is 148 g/mol. The van der Waals surface area contributed by atoms with Gasteiger partial charge in [-0.3, -0.25) is 0 Å². The van der Waals surface area contributed by atoms with E-state index in [1.54, 1.807) is 0 Å². The number of nitriles is 1. The quantitative estimate of drug-likeness (QED) is 0.346. The molecule has 0 radical (unpaired) electrons. The van der Waals surface area contributed by atoms with Crippen molar-refractivity contribution in [1.29, 1.82) is 5.26 Å². The van der Waals surface area contributed by atoms with Crippen LogP contribution < -0.4 is 0 Å². The molecule has 0 N–H and O–H groups in total. The summed E-state index contributed by atoms with van der Waals surface area (Å²) in [7, 11) is 4.05. The topological polar surface area (TPSA) is 23.8 Å². The van der Waals surface area contributed by atoms with Crippen molar-refractivity contribution in [3.8, 4) is 6.07 Å². The van der Waals surface area contributed by atoms with Crippen LogP contribution in [0, 0.1) is 11.3 Å². The Labute approximate surface area is 75.0 Å².